The van der Waals surface area contributed by atoms with E-state index in [1.807, 2.05) is 66.7 Å². The van der Waals surface area contributed by atoms with Crippen molar-refractivity contribution in [2.75, 3.05) is 13.2 Å². The molecule has 3 aromatic rings. The fraction of sp³-hybridized carbons (Fsp3) is 0.344. The van der Waals surface area contributed by atoms with Gasteiger partial charge in [0.15, 0.2) is 0 Å². The van der Waals surface area contributed by atoms with Gasteiger partial charge in [-0.05, 0) is 54.5 Å². The van der Waals surface area contributed by atoms with Crippen LogP contribution >= 0.6 is 0 Å². The molecule has 0 bridgehead atoms. The van der Waals surface area contributed by atoms with Crippen LogP contribution < -0.4 is 5.32 Å². The van der Waals surface area contributed by atoms with E-state index in [9.17, 15) is 19.5 Å². The Bertz CT molecular complexity index is 1350. The van der Waals surface area contributed by atoms with Gasteiger partial charge in [-0.3, -0.25) is 4.79 Å². The van der Waals surface area contributed by atoms with E-state index in [-0.39, 0.29) is 25.7 Å². The molecule has 8 heteroatoms. The van der Waals surface area contributed by atoms with E-state index >= 15 is 0 Å². The van der Waals surface area contributed by atoms with Gasteiger partial charge in [0.1, 0.15) is 18.2 Å². The van der Waals surface area contributed by atoms with Gasteiger partial charge in [0.05, 0.1) is 12.7 Å². The van der Waals surface area contributed by atoms with Crippen molar-refractivity contribution < 1.29 is 29.0 Å². The number of carbonyl (C=O) groups excluding carboxylic acids is 2. The lowest BCUT2D eigenvalue weighted by Gasteiger charge is -2.35. The Labute approximate surface area is 233 Å². The van der Waals surface area contributed by atoms with Gasteiger partial charge in [0.25, 0.3) is 0 Å². The van der Waals surface area contributed by atoms with Crippen molar-refractivity contribution in [2.24, 2.45) is 0 Å². The number of hydrogen-bond donors (Lipinski definition) is 2. The zero-order valence-corrected chi connectivity index (χ0v) is 22.7. The van der Waals surface area contributed by atoms with Gasteiger partial charge >= 0.3 is 12.1 Å². The minimum absolute atomic E-state index is 0.0938. The highest BCUT2D eigenvalue weighted by Crippen LogP contribution is 2.44. The van der Waals surface area contributed by atoms with Gasteiger partial charge in [-0.1, -0.05) is 78.9 Å². The van der Waals surface area contributed by atoms with E-state index in [2.05, 4.69) is 17.4 Å². The summed E-state index contributed by atoms with van der Waals surface area (Å²) in [5.41, 5.74) is 3.96. The summed E-state index contributed by atoms with van der Waals surface area (Å²) >= 11 is 0. The molecule has 8 nitrogen and oxygen atoms in total. The monoisotopic (exact) mass is 542 g/mol. The fourth-order valence-corrected chi connectivity index (χ4v) is 5.75. The van der Waals surface area contributed by atoms with Crippen LogP contribution in [0.4, 0.5) is 4.79 Å². The maximum atomic E-state index is 13.8. The minimum atomic E-state index is -1.35. The lowest BCUT2D eigenvalue weighted by molar-refractivity contribution is -0.157. The molecule has 5 rings (SSSR count). The molecule has 1 aliphatic carbocycles. The van der Waals surface area contributed by atoms with Crippen LogP contribution in [-0.4, -0.2) is 58.8 Å². The van der Waals surface area contributed by atoms with Crippen molar-refractivity contribution in [3.05, 3.63) is 95.6 Å². The second-order valence-electron chi connectivity index (χ2n) is 10.6. The highest BCUT2D eigenvalue weighted by atomic mass is 16.5. The van der Waals surface area contributed by atoms with Gasteiger partial charge in [-0.15, -0.1) is 0 Å². The zero-order chi connectivity index (χ0) is 28.3. The van der Waals surface area contributed by atoms with Gasteiger partial charge in [0.2, 0.25) is 5.91 Å². The first-order valence-electron chi connectivity index (χ1n) is 13.6. The number of ether oxygens (including phenoxy) is 2. The number of nitrogens with zero attached hydrogens (tertiary/aromatic N) is 1. The van der Waals surface area contributed by atoms with E-state index < -0.39 is 35.7 Å². The van der Waals surface area contributed by atoms with Gasteiger partial charge < -0.3 is 24.8 Å². The van der Waals surface area contributed by atoms with E-state index in [1.165, 1.54) is 4.90 Å². The average Bonchev–Trinajstić information content (AvgIpc) is 3.52. The Balaban J connectivity index is 1.32. The van der Waals surface area contributed by atoms with Crippen molar-refractivity contribution in [1.82, 2.24) is 10.2 Å². The summed E-state index contributed by atoms with van der Waals surface area (Å²) in [4.78, 5) is 40.3. The number of likely N-dealkylation sites (tertiary alicyclic amines) is 1. The Morgan fingerprint density at radius 2 is 1.57 bits per heavy atom. The Morgan fingerprint density at radius 3 is 2.20 bits per heavy atom. The quantitative estimate of drug-likeness (QED) is 0.396. The molecule has 0 spiro atoms. The number of aliphatic carboxylic acids is 1. The maximum absolute atomic E-state index is 13.8. The lowest BCUT2D eigenvalue weighted by Crippen LogP contribution is -2.60. The number of carboxylic acid groups (broad SMARTS) is 1. The number of hydrogen-bond acceptors (Lipinski definition) is 5. The second-order valence-corrected chi connectivity index (χ2v) is 10.6. The molecule has 208 valence electrons. The van der Waals surface area contributed by atoms with E-state index in [4.69, 9.17) is 9.47 Å². The maximum Gasteiger partial charge on any atom is 0.407 e. The number of rotatable bonds is 9. The summed E-state index contributed by atoms with van der Waals surface area (Å²) < 4.78 is 11.7. The predicted molar refractivity (Wildman–Crippen MR) is 150 cm³/mol. The van der Waals surface area contributed by atoms with E-state index in [0.29, 0.717) is 12.8 Å². The molecule has 0 radical (unpaired) electrons. The van der Waals surface area contributed by atoms with Crippen LogP contribution in [0.2, 0.25) is 0 Å². The molecule has 1 unspecified atom stereocenters. The molecule has 1 aliphatic heterocycles. The van der Waals surface area contributed by atoms with Crippen LogP contribution in [0.1, 0.15) is 49.3 Å². The Morgan fingerprint density at radius 1 is 0.975 bits per heavy atom. The molecule has 40 heavy (non-hydrogen) atoms. The van der Waals surface area contributed by atoms with Crippen molar-refractivity contribution in [2.45, 2.75) is 56.9 Å². The largest absolute Gasteiger partial charge is 0.480 e. The standard InChI is InChI=1S/C32H34N2O6/c1-21(39-19-22-11-4-3-5-12-22)28(29(35)34-18-10-17-32(34,2)30(36)37)33-31(38)40-20-27-25-15-8-6-13-23(25)24-14-7-9-16-26(24)27/h3-9,11-16,21,27-28H,10,17-20H2,1-2H3,(H,33,38)(H,36,37)/t21-,28+,32?/m0/s1. The van der Waals surface area contributed by atoms with E-state index in [1.54, 1.807) is 13.8 Å². The first-order chi connectivity index (χ1) is 19.3. The molecule has 2 amide bonds. The first-order valence-corrected chi connectivity index (χ1v) is 13.6. The summed E-state index contributed by atoms with van der Waals surface area (Å²) in [6.07, 6.45) is -0.602. The molecule has 0 aromatic heterocycles. The molecule has 1 saturated heterocycles. The van der Waals surface area contributed by atoms with Gasteiger partial charge in [-0.25, -0.2) is 9.59 Å². The SMILES string of the molecule is C[C@H](OCc1ccccc1)[C@@H](NC(=O)OCC1c2ccccc2-c2ccccc21)C(=O)N1CCCC1(C)C(=O)O. The molecule has 2 N–H and O–H groups in total. The number of benzene rings is 3. The van der Waals surface area contributed by atoms with Gasteiger partial charge in [0, 0.05) is 12.5 Å². The minimum Gasteiger partial charge on any atom is -0.480 e. The van der Waals surface area contributed by atoms with Crippen LogP contribution in [0.3, 0.4) is 0 Å². The molecule has 3 atom stereocenters. The molecule has 1 heterocycles. The van der Waals surface area contributed by atoms with Crippen LogP contribution in [0.5, 0.6) is 0 Å². The van der Waals surface area contributed by atoms with Crippen LogP contribution in [0.15, 0.2) is 78.9 Å². The normalized spacial score (nSPS) is 19.4. The fourth-order valence-electron chi connectivity index (χ4n) is 5.75. The molecule has 0 saturated carbocycles. The molecule has 2 aliphatic rings. The Kier molecular flexibility index (Phi) is 7.89. The van der Waals surface area contributed by atoms with Crippen LogP contribution in [0, 0.1) is 0 Å². The summed E-state index contributed by atoms with van der Waals surface area (Å²) in [5.74, 6) is -1.71. The predicted octanol–water partition coefficient (Wildman–Crippen LogP) is 4.96. The highest BCUT2D eigenvalue weighted by Gasteiger charge is 2.48. The van der Waals surface area contributed by atoms with E-state index in [0.717, 1.165) is 27.8 Å². The van der Waals surface area contributed by atoms with Crippen molar-refractivity contribution in [3.8, 4) is 11.1 Å². The smallest absolute Gasteiger partial charge is 0.407 e. The first kappa shape index (κ1) is 27.4. The summed E-state index contributed by atoms with van der Waals surface area (Å²) in [6.45, 7) is 3.85. The number of carboxylic acids is 1. The van der Waals surface area contributed by atoms with Crippen molar-refractivity contribution in [3.63, 3.8) is 0 Å². The number of fused-ring (bicyclic) bond motifs is 3. The van der Waals surface area contributed by atoms with Crippen molar-refractivity contribution in [1.29, 1.82) is 0 Å². The molecule has 3 aromatic carbocycles. The van der Waals surface area contributed by atoms with Crippen LogP contribution in [-0.2, 0) is 25.7 Å². The number of nitrogens with one attached hydrogen (secondary N) is 1. The summed E-state index contributed by atoms with van der Waals surface area (Å²) in [6, 6.07) is 24.5. The number of alkyl carbamates (subject to hydrolysis) is 1. The average molecular weight is 543 g/mol. The third-order valence-corrected chi connectivity index (χ3v) is 8.08. The third-order valence-electron chi connectivity index (χ3n) is 8.08. The summed E-state index contributed by atoms with van der Waals surface area (Å²) in [5, 5.41) is 12.6. The topological polar surface area (TPSA) is 105 Å². The third kappa shape index (κ3) is 5.31. The highest BCUT2D eigenvalue weighted by molar-refractivity contribution is 5.92. The van der Waals surface area contributed by atoms with Crippen LogP contribution in [0.25, 0.3) is 11.1 Å². The molecular weight excluding hydrogens is 508 g/mol. The second kappa shape index (κ2) is 11.5. The Hall–Kier alpha value is -4.17. The molecule has 1 fully saturated rings. The number of amides is 2. The number of carbonyl (C=O) groups is 3. The lowest BCUT2D eigenvalue weighted by atomic mass is 9.98. The zero-order valence-electron chi connectivity index (χ0n) is 22.7. The summed E-state index contributed by atoms with van der Waals surface area (Å²) in [7, 11) is 0. The molecular formula is C32H34N2O6. The van der Waals surface area contributed by atoms with Gasteiger partial charge in [-0.2, -0.15) is 0 Å². The van der Waals surface area contributed by atoms with Crippen molar-refractivity contribution >= 4 is 18.0 Å².